The van der Waals surface area contributed by atoms with E-state index in [1.165, 1.54) is 26.2 Å². The number of nitrogens with two attached hydrogens (primary N) is 3. The summed E-state index contributed by atoms with van der Waals surface area (Å²) in [6.07, 6.45) is 1.69. The topological polar surface area (TPSA) is 284 Å². The van der Waals surface area contributed by atoms with Crippen LogP contribution in [0, 0.1) is 0 Å². The van der Waals surface area contributed by atoms with E-state index >= 15 is 0 Å². The van der Waals surface area contributed by atoms with Crippen LogP contribution in [0.1, 0.15) is 70.2 Å². The summed E-state index contributed by atoms with van der Waals surface area (Å²) in [4.78, 5) is 53.1. The third kappa shape index (κ3) is 7.47. The quantitative estimate of drug-likeness (QED) is 0.0606. The summed E-state index contributed by atoms with van der Waals surface area (Å²) < 4.78 is 41.9. The largest absolute Gasteiger partial charge is 0.485 e. The Labute approximate surface area is 285 Å². The number of aryl methyl sites for hydroxylation is 1. The van der Waals surface area contributed by atoms with Crippen molar-refractivity contribution in [1.29, 1.82) is 0 Å². The van der Waals surface area contributed by atoms with Gasteiger partial charge >= 0.3 is 16.4 Å². The van der Waals surface area contributed by atoms with Gasteiger partial charge in [0.05, 0.1) is 11.6 Å². The van der Waals surface area contributed by atoms with Gasteiger partial charge in [0.25, 0.3) is 17.4 Å². The molecule has 20 heteroatoms. The van der Waals surface area contributed by atoms with Crippen molar-refractivity contribution in [3.8, 4) is 5.75 Å². The highest BCUT2D eigenvalue weighted by Crippen LogP contribution is 2.36. The maximum absolute atomic E-state index is 13.5. The third-order valence-corrected chi connectivity index (χ3v) is 9.74. The van der Waals surface area contributed by atoms with Gasteiger partial charge in [0.15, 0.2) is 16.9 Å². The van der Waals surface area contributed by atoms with Crippen molar-refractivity contribution >= 4 is 56.2 Å². The maximum Gasteiger partial charge on any atom is 0.418 e. The van der Waals surface area contributed by atoms with Gasteiger partial charge in [-0.2, -0.15) is 13.5 Å². The van der Waals surface area contributed by atoms with E-state index in [2.05, 4.69) is 24.7 Å². The molecule has 0 radical (unpaired) electrons. The van der Waals surface area contributed by atoms with E-state index < -0.39 is 57.2 Å². The molecule has 2 aromatic rings. The summed E-state index contributed by atoms with van der Waals surface area (Å²) in [5.74, 6) is -2.65. The van der Waals surface area contributed by atoms with Crippen molar-refractivity contribution < 1.29 is 46.3 Å². The van der Waals surface area contributed by atoms with Gasteiger partial charge in [-0.05, 0) is 83.6 Å². The molecule has 5 rings (SSSR count). The minimum Gasteiger partial charge on any atom is -0.485 e. The minimum absolute atomic E-state index is 0.0469. The number of amides is 2. The van der Waals surface area contributed by atoms with Gasteiger partial charge in [-0.1, -0.05) is 5.16 Å². The molecule has 0 spiro atoms. The number of thiazole rings is 1. The number of nitrogens with one attached hydrogen (secondary N) is 1. The van der Waals surface area contributed by atoms with Gasteiger partial charge < -0.3 is 37.2 Å². The van der Waals surface area contributed by atoms with Crippen LogP contribution in [-0.2, 0) is 40.3 Å². The molecule has 49 heavy (non-hydrogen) atoms. The molecule has 2 amide bonds. The van der Waals surface area contributed by atoms with Gasteiger partial charge in [-0.15, -0.1) is 15.6 Å². The Kier molecular flexibility index (Phi) is 9.40. The summed E-state index contributed by atoms with van der Waals surface area (Å²) in [6.45, 7) is 5.96. The number of nitrogens with zero attached hydrogens (tertiary/aromatic N) is 4. The van der Waals surface area contributed by atoms with Crippen molar-refractivity contribution in [2.75, 3.05) is 5.73 Å². The second-order valence-corrected chi connectivity index (χ2v) is 15.2. The Balaban J connectivity index is 1.37. The van der Waals surface area contributed by atoms with Crippen LogP contribution in [0.2, 0.25) is 0 Å². The van der Waals surface area contributed by atoms with E-state index in [0.717, 1.165) is 29.7 Å². The van der Waals surface area contributed by atoms with E-state index in [1.807, 2.05) is 13.0 Å². The molecule has 1 aliphatic carbocycles. The number of aliphatic carboxylic acids is 1. The molecule has 0 unspecified atom stereocenters. The number of β-lactam (4-membered cyclic amide) rings is 1. The van der Waals surface area contributed by atoms with Crippen LogP contribution >= 0.6 is 11.3 Å². The lowest BCUT2D eigenvalue weighted by Crippen LogP contribution is -2.76. The highest BCUT2D eigenvalue weighted by molar-refractivity contribution is 7.80. The molecular weight excluding hydrogens is 684 g/mol. The number of hydroxylamine groups is 2. The number of carbonyl (C=O) groups is 3. The predicted octanol–water partition coefficient (Wildman–Crippen LogP) is 0.498. The Morgan fingerprint density at radius 2 is 1.96 bits per heavy atom. The normalized spacial score (nSPS) is 26.6. The van der Waals surface area contributed by atoms with E-state index in [1.54, 1.807) is 12.1 Å². The molecule has 1 saturated heterocycles. The van der Waals surface area contributed by atoms with Crippen molar-refractivity contribution in [1.82, 2.24) is 15.4 Å². The number of amidine groups is 1. The molecule has 1 aromatic carbocycles. The number of nitrogen functional groups attached to an aromatic ring is 1. The zero-order valence-corrected chi connectivity index (χ0v) is 28.7. The van der Waals surface area contributed by atoms with E-state index in [0.29, 0.717) is 35.1 Å². The molecule has 3 heterocycles. The zero-order valence-electron chi connectivity index (χ0n) is 27.1. The number of benzene rings is 1. The number of aromatic nitrogens is 1. The number of fused-ring (bicyclic) bond motifs is 1. The average Bonchev–Trinajstić information content (AvgIpc) is 3.29. The number of carboxylic acid groups (broad SMARTS) is 1. The fraction of sp³-hybridized carbons (Fsp3) is 0.517. The summed E-state index contributed by atoms with van der Waals surface area (Å²) in [7, 11) is -5.03. The van der Waals surface area contributed by atoms with E-state index in [9.17, 15) is 27.9 Å². The van der Waals surface area contributed by atoms with Crippen LogP contribution in [0.25, 0.3) is 0 Å². The molecule has 2 fully saturated rings. The third-order valence-electron chi connectivity index (χ3n) is 8.73. The monoisotopic (exact) mass is 722 g/mol. The van der Waals surface area contributed by atoms with Crippen molar-refractivity contribution in [3.05, 3.63) is 40.4 Å². The average molecular weight is 723 g/mol. The lowest BCUT2D eigenvalue weighted by Gasteiger charge is -2.50. The Morgan fingerprint density at radius 1 is 1.27 bits per heavy atom. The van der Waals surface area contributed by atoms with Crippen molar-refractivity contribution in [2.24, 2.45) is 21.6 Å². The number of carbonyl (C=O) groups excluding carboxylic acids is 2. The fourth-order valence-electron chi connectivity index (χ4n) is 5.90. The lowest BCUT2D eigenvalue weighted by atomic mass is 9.75. The first-order valence-electron chi connectivity index (χ1n) is 15.2. The number of carboxylic acids is 1. The number of oxime groups is 1. The summed E-state index contributed by atoms with van der Waals surface area (Å²) in [6, 6.07) is 3.99. The first-order valence-corrected chi connectivity index (χ1v) is 17.4. The van der Waals surface area contributed by atoms with Crippen LogP contribution < -0.4 is 27.3 Å². The standard InChI is InChI=1S/C29H38N8O10S2/c1-27(2)21(24(39)37(27)47-49(42,43)44)35-23(38)20(17-13-48-26(31)34-17)36-46-29(4,25(40)41)19-7-5-6-14-10-15(8-9-18(14)45-19)22(30)33-16-11-28(3,32)12-16/h8-10,13,16,19,21H,5-7,11-12,32H2,1-4H3,(H2,30,33)(H2,31,34)(H,35,38)(H,40,41)(H,42,43,44)/b36-20-/t16?,19-,21-,28?,29+/m1/s1. The molecule has 3 atom stereocenters. The Morgan fingerprint density at radius 3 is 2.53 bits per heavy atom. The van der Waals surface area contributed by atoms with Crippen LogP contribution in [0.4, 0.5) is 5.13 Å². The summed E-state index contributed by atoms with van der Waals surface area (Å²) in [5, 5.41) is 18.5. The Bertz CT molecular complexity index is 1830. The second kappa shape index (κ2) is 12.8. The SMILES string of the molecule is CC1(N)CC(N=C(N)c2ccc3c(c2)CCC[C@H]([C@](C)(O/N=C(\C(=O)N[C@@H]2C(=O)N(OS(=O)(=O)O)C2(C)C)c2csc(N)n2)C(=O)O)O3)C1. The van der Waals surface area contributed by atoms with Gasteiger partial charge in [0.2, 0.25) is 0 Å². The van der Waals surface area contributed by atoms with Crippen LogP contribution in [-0.4, -0.2) is 92.3 Å². The molecule has 1 saturated carbocycles. The molecule has 9 N–H and O–H groups in total. The molecular formula is C29H38N8O10S2. The highest BCUT2D eigenvalue weighted by Gasteiger charge is 2.58. The fourth-order valence-corrected chi connectivity index (χ4v) is 6.90. The number of aliphatic imine (C=N–C) groups is 1. The first kappa shape index (κ1) is 35.9. The highest BCUT2D eigenvalue weighted by atomic mass is 32.3. The molecule has 3 aliphatic rings. The molecule has 0 bridgehead atoms. The lowest BCUT2D eigenvalue weighted by molar-refractivity contribution is -0.218. The van der Waals surface area contributed by atoms with Crippen LogP contribution in [0.3, 0.4) is 0 Å². The number of rotatable bonds is 11. The van der Waals surface area contributed by atoms with Crippen molar-refractivity contribution in [3.63, 3.8) is 0 Å². The maximum atomic E-state index is 13.5. The molecule has 1 aromatic heterocycles. The molecule has 18 nitrogen and oxygen atoms in total. The molecule has 2 aliphatic heterocycles. The van der Waals surface area contributed by atoms with Gasteiger partial charge in [0.1, 0.15) is 23.3 Å². The second-order valence-electron chi connectivity index (χ2n) is 13.3. The van der Waals surface area contributed by atoms with Gasteiger partial charge in [-0.25, -0.2) is 9.78 Å². The molecule has 266 valence electrons. The van der Waals surface area contributed by atoms with E-state index in [4.69, 9.17) is 31.3 Å². The first-order chi connectivity index (χ1) is 22.7. The summed E-state index contributed by atoms with van der Waals surface area (Å²) in [5.41, 5.74) is 15.2. The van der Waals surface area contributed by atoms with E-state index in [-0.39, 0.29) is 28.8 Å². The minimum atomic E-state index is -5.03. The number of ether oxygens (including phenoxy) is 1. The predicted molar refractivity (Wildman–Crippen MR) is 176 cm³/mol. The zero-order chi connectivity index (χ0) is 36.1. The van der Waals surface area contributed by atoms with Gasteiger partial charge in [0, 0.05) is 16.5 Å². The van der Waals surface area contributed by atoms with Crippen molar-refractivity contribution in [2.45, 2.75) is 94.7 Å². The number of hydrogen-bond donors (Lipinski definition) is 6. The number of hydrogen-bond acceptors (Lipinski definition) is 14. The number of anilines is 1. The van der Waals surface area contributed by atoms with Crippen LogP contribution in [0.15, 0.2) is 33.7 Å². The van der Waals surface area contributed by atoms with Crippen LogP contribution in [0.5, 0.6) is 5.75 Å². The smallest absolute Gasteiger partial charge is 0.418 e. The van der Waals surface area contributed by atoms with Gasteiger partial charge in [-0.3, -0.25) is 19.1 Å². The summed E-state index contributed by atoms with van der Waals surface area (Å²) >= 11 is 0.966. The Hall–Kier alpha value is -4.37.